The highest BCUT2D eigenvalue weighted by molar-refractivity contribution is 9.10. The Balaban J connectivity index is 3.10. The quantitative estimate of drug-likeness (QED) is 0.876. The summed E-state index contributed by atoms with van der Waals surface area (Å²) in [4.78, 5) is 22.5. The van der Waals surface area contributed by atoms with Crippen LogP contribution in [0.3, 0.4) is 0 Å². The third-order valence-electron chi connectivity index (χ3n) is 3.36. The number of rotatable bonds is 5. The second kappa shape index (κ2) is 5.52. The first-order chi connectivity index (χ1) is 8.27. The zero-order valence-corrected chi connectivity index (χ0v) is 11.9. The highest BCUT2D eigenvalue weighted by Gasteiger charge is 2.41. The lowest BCUT2D eigenvalue weighted by Crippen LogP contribution is -2.37. The predicted molar refractivity (Wildman–Crippen MR) is 72.1 cm³/mol. The fraction of sp³-hybridized carbons (Fsp3) is 0.385. The molecular weight excluding hydrogens is 298 g/mol. The number of carbonyl (C=O) groups excluding carboxylic acids is 1. The molecule has 1 amide bonds. The number of nitrogens with two attached hydrogens (primary N) is 1. The minimum atomic E-state index is -1.19. The zero-order chi connectivity index (χ0) is 13.9. The number of carbonyl (C=O) groups is 2. The minimum absolute atomic E-state index is 0.181. The summed E-state index contributed by atoms with van der Waals surface area (Å²) < 4.78 is 0.922. The maximum absolute atomic E-state index is 11.4. The van der Waals surface area contributed by atoms with Crippen molar-refractivity contribution in [3.8, 4) is 0 Å². The highest BCUT2D eigenvalue weighted by atomic mass is 79.9. The number of amides is 1. The number of halogens is 1. The van der Waals surface area contributed by atoms with Gasteiger partial charge in [-0.2, -0.15) is 0 Å². The van der Waals surface area contributed by atoms with Crippen LogP contribution in [0.4, 0.5) is 0 Å². The third-order valence-corrected chi connectivity index (χ3v) is 3.88. The smallest absolute Gasteiger partial charge is 0.310 e. The van der Waals surface area contributed by atoms with Crippen LogP contribution >= 0.6 is 15.9 Å². The van der Waals surface area contributed by atoms with Gasteiger partial charge in [0.2, 0.25) is 5.91 Å². The first kappa shape index (κ1) is 14.7. The Labute approximate surface area is 114 Å². The van der Waals surface area contributed by atoms with Crippen molar-refractivity contribution < 1.29 is 14.7 Å². The topological polar surface area (TPSA) is 80.4 Å². The van der Waals surface area contributed by atoms with Crippen LogP contribution in [0.25, 0.3) is 0 Å². The Morgan fingerprint density at radius 1 is 1.39 bits per heavy atom. The second-order valence-electron chi connectivity index (χ2n) is 4.64. The summed E-state index contributed by atoms with van der Waals surface area (Å²) in [7, 11) is 0. The lowest BCUT2D eigenvalue weighted by Gasteiger charge is -2.30. The molecule has 1 rings (SSSR count). The molecule has 0 saturated carbocycles. The normalized spacial score (nSPS) is 15.7. The van der Waals surface area contributed by atoms with E-state index in [1.54, 1.807) is 13.8 Å². The Bertz CT molecular complexity index is 458. The molecule has 5 heteroatoms. The summed E-state index contributed by atoms with van der Waals surface area (Å²) in [6, 6.07) is 7.38. The predicted octanol–water partition coefficient (Wildman–Crippen LogP) is 2.52. The van der Waals surface area contributed by atoms with Gasteiger partial charge in [0.25, 0.3) is 0 Å². The summed E-state index contributed by atoms with van der Waals surface area (Å²) in [5, 5.41) is 9.35. The summed E-state index contributed by atoms with van der Waals surface area (Å²) in [5.41, 5.74) is 4.82. The maximum atomic E-state index is 11.4. The molecule has 0 saturated heterocycles. The number of carboxylic acid groups (broad SMARTS) is 1. The first-order valence-corrected chi connectivity index (χ1v) is 6.34. The number of hydrogen-bond acceptors (Lipinski definition) is 2. The third kappa shape index (κ3) is 3.10. The molecule has 0 radical (unpaired) electrons. The van der Waals surface area contributed by atoms with Crippen molar-refractivity contribution >= 4 is 27.8 Å². The Hall–Kier alpha value is -1.36. The average molecular weight is 314 g/mol. The van der Waals surface area contributed by atoms with Gasteiger partial charge >= 0.3 is 5.97 Å². The van der Waals surface area contributed by atoms with Crippen LogP contribution in [-0.4, -0.2) is 17.0 Å². The van der Waals surface area contributed by atoms with E-state index in [0.29, 0.717) is 0 Å². The standard InChI is InChI=1S/C13H16BrNO3/c1-8(9-3-5-10(14)6-4-9)13(2,12(17)18)7-11(15)16/h3-6,8H,7H2,1-2H3,(H2,15,16)(H,17,18)/t8-,13?/m1/s1. The Kier molecular flexibility index (Phi) is 4.51. The van der Waals surface area contributed by atoms with Gasteiger partial charge in [-0.25, -0.2) is 0 Å². The van der Waals surface area contributed by atoms with Crippen molar-refractivity contribution in [2.75, 3.05) is 0 Å². The van der Waals surface area contributed by atoms with Crippen molar-refractivity contribution in [2.24, 2.45) is 11.1 Å². The van der Waals surface area contributed by atoms with E-state index in [-0.39, 0.29) is 12.3 Å². The molecule has 2 atom stereocenters. The van der Waals surface area contributed by atoms with E-state index in [4.69, 9.17) is 5.73 Å². The molecule has 0 heterocycles. The minimum Gasteiger partial charge on any atom is -0.481 e. The van der Waals surface area contributed by atoms with E-state index >= 15 is 0 Å². The van der Waals surface area contributed by atoms with Gasteiger partial charge in [-0.1, -0.05) is 35.0 Å². The fourth-order valence-electron chi connectivity index (χ4n) is 1.90. The van der Waals surface area contributed by atoms with Gasteiger partial charge in [0.1, 0.15) is 0 Å². The average Bonchev–Trinajstić information content (AvgIpc) is 2.27. The van der Waals surface area contributed by atoms with E-state index in [0.717, 1.165) is 10.0 Å². The molecular formula is C13H16BrNO3. The lowest BCUT2D eigenvalue weighted by molar-refractivity contribution is -0.151. The molecule has 0 aliphatic heterocycles. The van der Waals surface area contributed by atoms with Crippen LogP contribution in [0, 0.1) is 5.41 Å². The molecule has 4 nitrogen and oxygen atoms in total. The van der Waals surface area contributed by atoms with Gasteiger partial charge in [0.15, 0.2) is 0 Å². The monoisotopic (exact) mass is 313 g/mol. The summed E-state index contributed by atoms with van der Waals surface area (Å²) in [6.45, 7) is 3.34. The highest BCUT2D eigenvalue weighted by Crippen LogP contribution is 2.39. The number of aliphatic carboxylic acids is 1. The van der Waals surface area contributed by atoms with Crippen LogP contribution in [-0.2, 0) is 9.59 Å². The molecule has 0 fully saturated rings. The molecule has 0 aromatic heterocycles. The number of benzene rings is 1. The van der Waals surface area contributed by atoms with E-state index in [2.05, 4.69) is 15.9 Å². The van der Waals surface area contributed by atoms with Gasteiger partial charge in [0, 0.05) is 10.9 Å². The van der Waals surface area contributed by atoms with Gasteiger partial charge in [0.05, 0.1) is 5.41 Å². The SMILES string of the molecule is C[C@H](c1ccc(Br)cc1)C(C)(CC(N)=O)C(=O)O. The second-order valence-corrected chi connectivity index (χ2v) is 5.55. The first-order valence-electron chi connectivity index (χ1n) is 5.54. The van der Waals surface area contributed by atoms with Gasteiger partial charge in [-0.3, -0.25) is 9.59 Å². The molecule has 18 heavy (non-hydrogen) atoms. The van der Waals surface area contributed by atoms with Gasteiger partial charge < -0.3 is 10.8 Å². The van der Waals surface area contributed by atoms with Crippen molar-refractivity contribution in [3.63, 3.8) is 0 Å². The van der Waals surface area contributed by atoms with Crippen molar-refractivity contribution in [1.82, 2.24) is 0 Å². The van der Waals surface area contributed by atoms with Crippen molar-refractivity contribution in [2.45, 2.75) is 26.2 Å². The maximum Gasteiger partial charge on any atom is 0.310 e. The van der Waals surface area contributed by atoms with Crippen LogP contribution in [0.1, 0.15) is 31.7 Å². The van der Waals surface area contributed by atoms with Crippen LogP contribution < -0.4 is 5.73 Å². The summed E-state index contributed by atoms with van der Waals surface area (Å²) >= 11 is 3.32. The van der Waals surface area contributed by atoms with Gasteiger partial charge in [-0.15, -0.1) is 0 Å². The zero-order valence-electron chi connectivity index (χ0n) is 10.3. The van der Waals surface area contributed by atoms with E-state index < -0.39 is 17.3 Å². The number of hydrogen-bond donors (Lipinski definition) is 2. The molecule has 1 aromatic rings. The van der Waals surface area contributed by atoms with Crippen LogP contribution in [0.15, 0.2) is 28.7 Å². The lowest BCUT2D eigenvalue weighted by atomic mass is 9.72. The fourth-order valence-corrected chi connectivity index (χ4v) is 2.16. The molecule has 0 aliphatic rings. The van der Waals surface area contributed by atoms with Gasteiger partial charge in [-0.05, 0) is 30.5 Å². The molecule has 0 aliphatic carbocycles. The molecule has 3 N–H and O–H groups in total. The summed E-state index contributed by atoms with van der Waals surface area (Å²) in [6.07, 6.45) is -0.181. The summed E-state index contributed by atoms with van der Waals surface area (Å²) in [5.74, 6) is -1.93. The van der Waals surface area contributed by atoms with E-state index in [1.807, 2.05) is 24.3 Å². The van der Waals surface area contributed by atoms with Crippen LogP contribution in [0.2, 0.25) is 0 Å². The van der Waals surface area contributed by atoms with Crippen molar-refractivity contribution in [1.29, 1.82) is 0 Å². The molecule has 1 unspecified atom stereocenters. The van der Waals surface area contributed by atoms with E-state index in [1.165, 1.54) is 0 Å². The number of primary amides is 1. The van der Waals surface area contributed by atoms with Crippen LogP contribution in [0.5, 0.6) is 0 Å². The largest absolute Gasteiger partial charge is 0.481 e. The Morgan fingerprint density at radius 2 is 1.89 bits per heavy atom. The number of carboxylic acids is 1. The van der Waals surface area contributed by atoms with Crippen molar-refractivity contribution in [3.05, 3.63) is 34.3 Å². The van der Waals surface area contributed by atoms with E-state index in [9.17, 15) is 14.7 Å². The molecule has 98 valence electrons. The molecule has 0 spiro atoms. The Morgan fingerprint density at radius 3 is 2.28 bits per heavy atom. The molecule has 0 bridgehead atoms. The molecule has 1 aromatic carbocycles.